The fraction of sp³-hybridized carbons (Fsp3) is 0.321. The molecule has 0 spiro atoms. The van der Waals surface area contributed by atoms with E-state index in [0.717, 1.165) is 29.5 Å². The summed E-state index contributed by atoms with van der Waals surface area (Å²) in [7, 11) is -3.86. The molecule has 34 heavy (non-hydrogen) atoms. The average Bonchev–Trinajstić information content (AvgIpc) is 2.80. The molecule has 0 fully saturated rings. The van der Waals surface area contributed by atoms with Gasteiger partial charge >= 0.3 is 0 Å². The number of hydrogen-bond donors (Lipinski definition) is 2. The van der Waals surface area contributed by atoms with Crippen LogP contribution in [0.25, 0.3) is 0 Å². The Morgan fingerprint density at radius 1 is 0.853 bits per heavy atom. The first-order valence-corrected chi connectivity index (χ1v) is 13.3. The second kappa shape index (κ2) is 9.63. The van der Waals surface area contributed by atoms with E-state index in [1.54, 1.807) is 25.1 Å². The maximum absolute atomic E-state index is 13.2. The van der Waals surface area contributed by atoms with E-state index in [4.69, 9.17) is 0 Å². The minimum Gasteiger partial charge on any atom is -0.346 e. The highest BCUT2D eigenvalue weighted by atomic mass is 32.2. The fourth-order valence-corrected chi connectivity index (χ4v) is 5.95. The van der Waals surface area contributed by atoms with Crippen molar-refractivity contribution in [2.75, 3.05) is 4.72 Å². The van der Waals surface area contributed by atoms with Gasteiger partial charge in [-0.3, -0.25) is 9.52 Å². The Kier molecular flexibility index (Phi) is 6.80. The maximum Gasteiger partial charge on any atom is 0.262 e. The lowest BCUT2D eigenvalue weighted by molar-refractivity contribution is 0.0939. The van der Waals surface area contributed by atoms with E-state index >= 15 is 0 Å². The molecule has 0 radical (unpaired) electrons. The quantitative estimate of drug-likeness (QED) is 0.473. The van der Waals surface area contributed by atoms with Crippen molar-refractivity contribution in [2.45, 2.75) is 64.3 Å². The number of nitrogens with one attached hydrogen (secondary N) is 2. The van der Waals surface area contributed by atoms with E-state index in [2.05, 4.69) is 28.2 Å². The Hall–Kier alpha value is -3.12. The van der Waals surface area contributed by atoms with Crippen molar-refractivity contribution in [1.29, 1.82) is 0 Å². The molecule has 6 heteroatoms. The zero-order valence-corrected chi connectivity index (χ0v) is 21.1. The van der Waals surface area contributed by atoms with Gasteiger partial charge in [-0.1, -0.05) is 42.0 Å². The first-order valence-electron chi connectivity index (χ1n) is 11.8. The van der Waals surface area contributed by atoms with Crippen LogP contribution in [0.4, 0.5) is 5.69 Å². The Balaban J connectivity index is 1.54. The third-order valence-corrected chi connectivity index (χ3v) is 8.09. The van der Waals surface area contributed by atoms with E-state index in [1.807, 2.05) is 32.9 Å². The van der Waals surface area contributed by atoms with Crippen LogP contribution in [0.1, 0.15) is 69.5 Å². The normalized spacial score (nSPS) is 14.2. The van der Waals surface area contributed by atoms with E-state index in [-0.39, 0.29) is 16.8 Å². The molecule has 0 heterocycles. The second-order valence-corrected chi connectivity index (χ2v) is 11.0. The molecule has 0 aliphatic heterocycles. The second-order valence-electron chi connectivity index (χ2n) is 9.33. The van der Waals surface area contributed by atoms with Crippen LogP contribution in [-0.2, 0) is 22.9 Å². The van der Waals surface area contributed by atoms with Crippen molar-refractivity contribution >= 4 is 21.6 Å². The van der Waals surface area contributed by atoms with Gasteiger partial charge in [0.05, 0.1) is 16.6 Å². The number of hydrogen-bond acceptors (Lipinski definition) is 3. The van der Waals surface area contributed by atoms with E-state index in [9.17, 15) is 13.2 Å². The van der Waals surface area contributed by atoms with Gasteiger partial charge in [-0.25, -0.2) is 8.42 Å². The monoisotopic (exact) mass is 476 g/mol. The molecule has 1 aliphatic carbocycles. The number of anilines is 1. The molecule has 1 aliphatic rings. The highest BCUT2D eigenvalue weighted by Crippen LogP contribution is 2.26. The van der Waals surface area contributed by atoms with Crippen LogP contribution in [0, 0.1) is 20.8 Å². The molecule has 0 saturated carbocycles. The van der Waals surface area contributed by atoms with Gasteiger partial charge in [-0.05, 0) is 99.4 Å². The topological polar surface area (TPSA) is 75.3 Å². The lowest BCUT2D eigenvalue weighted by Gasteiger charge is -2.20. The zero-order chi connectivity index (χ0) is 24.5. The number of amides is 1. The van der Waals surface area contributed by atoms with Gasteiger partial charge in [0.2, 0.25) is 0 Å². The highest BCUT2D eigenvalue weighted by Gasteiger charge is 2.21. The first-order chi connectivity index (χ1) is 16.1. The van der Waals surface area contributed by atoms with E-state index in [0.29, 0.717) is 16.8 Å². The maximum atomic E-state index is 13.2. The molecular formula is C28H32N2O3S. The van der Waals surface area contributed by atoms with Crippen molar-refractivity contribution in [3.8, 4) is 0 Å². The largest absolute Gasteiger partial charge is 0.346 e. The van der Waals surface area contributed by atoms with Crippen molar-refractivity contribution < 1.29 is 13.2 Å². The number of carbonyl (C=O) groups is 1. The number of benzene rings is 3. The van der Waals surface area contributed by atoms with Crippen molar-refractivity contribution in [2.24, 2.45) is 0 Å². The Morgan fingerprint density at radius 2 is 1.59 bits per heavy atom. The van der Waals surface area contributed by atoms with Crippen LogP contribution in [0.15, 0.2) is 59.5 Å². The first kappa shape index (κ1) is 24.0. The Bertz CT molecular complexity index is 1350. The minimum absolute atomic E-state index is 0.0987. The summed E-state index contributed by atoms with van der Waals surface area (Å²) in [6.45, 7) is 7.51. The van der Waals surface area contributed by atoms with Crippen molar-refractivity contribution in [3.63, 3.8) is 0 Å². The minimum atomic E-state index is -3.86. The highest BCUT2D eigenvalue weighted by molar-refractivity contribution is 7.92. The fourth-order valence-electron chi connectivity index (χ4n) is 4.54. The standard InChI is InChI=1S/C28H32N2O3S/c1-18-9-14-26(20(3)15-18)30-34(32,33)27-17-25(11-10-19(27)2)28(31)29-21(4)23-13-12-22-7-5-6-8-24(22)16-23/h9-17,21,30H,5-8H2,1-4H3,(H,29,31)/t21-/m0/s1. The summed E-state index contributed by atoms with van der Waals surface area (Å²) in [5.41, 5.74) is 7.15. The summed E-state index contributed by atoms with van der Waals surface area (Å²) in [4.78, 5) is 13.1. The number of aryl methyl sites for hydroxylation is 5. The van der Waals surface area contributed by atoms with E-state index < -0.39 is 10.0 Å². The van der Waals surface area contributed by atoms with Gasteiger partial charge in [0, 0.05) is 5.56 Å². The molecule has 0 bridgehead atoms. The molecule has 0 saturated heterocycles. The molecule has 1 amide bonds. The molecule has 4 rings (SSSR count). The Labute approximate surface area is 202 Å². The van der Waals surface area contributed by atoms with Gasteiger partial charge < -0.3 is 5.32 Å². The smallest absolute Gasteiger partial charge is 0.262 e. The molecule has 3 aromatic carbocycles. The number of fused-ring (bicyclic) bond motifs is 1. The van der Waals surface area contributed by atoms with E-state index in [1.165, 1.54) is 30.0 Å². The molecule has 0 unspecified atom stereocenters. The number of carbonyl (C=O) groups excluding carboxylic acids is 1. The molecule has 178 valence electrons. The molecule has 2 N–H and O–H groups in total. The predicted molar refractivity (Wildman–Crippen MR) is 137 cm³/mol. The van der Waals surface area contributed by atoms with Gasteiger partial charge in [0.25, 0.3) is 15.9 Å². The summed E-state index contributed by atoms with van der Waals surface area (Å²) in [5, 5.41) is 3.03. The third-order valence-electron chi connectivity index (χ3n) is 6.59. The molecule has 0 aromatic heterocycles. The predicted octanol–water partition coefficient (Wildman–Crippen LogP) is 5.78. The van der Waals surface area contributed by atoms with Crippen molar-refractivity contribution in [1.82, 2.24) is 5.32 Å². The summed E-state index contributed by atoms with van der Waals surface area (Å²) in [6, 6.07) is 16.6. The SMILES string of the molecule is Cc1ccc(NS(=O)(=O)c2cc(C(=O)N[C@@H](C)c3ccc4c(c3)CCCC4)ccc2C)c(C)c1. The molecule has 5 nitrogen and oxygen atoms in total. The van der Waals surface area contributed by atoms with Crippen molar-refractivity contribution in [3.05, 3.63) is 93.5 Å². The molecule has 1 atom stereocenters. The lowest BCUT2D eigenvalue weighted by Crippen LogP contribution is -2.27. The van der Waals surface area contributed by atoms with Crippen LogP contribution in [0.3, 0.4) is 0 Å². The van der Waals surface area contributed by atoms with Crippen LogP contribution >= 0.6 is 0 Å². The van der Waals surface area contributed by atoms with Gasteiger partial charge in [0.1, 0.15) is 0 Å². The van der Waals surface area contributed by atoms with Crippen LogP contribution in [-0.4, -0.2) is 14.3 Å². The summed E-state index contributed by atoms with van der Waals surface area (Å²) in [5.74, 6) is -0.298. The van der Waals surface area contributed by atoms with Crippen LogP contribution < -0.4 is 10.0 Å². The Morgan fingerprint density at radius 3 is 2.32 bits per heavy atom. The summed E-state index contributed by atoms with van der Waals surface area (Å²) in [6.07, 6.45) is 4.63. The number of sulfonamides is 1. The molecular weight excluding hydrogens is 444 g/mol. The van der Waals surface area contributed by atoms with Gasteiger partial charge in [-0.2, -0.15) is 0 Å². The van der Waals surface area contributed by atoms with Crippen LogP contribution in [0.5, 0.6) is 0 Å². The lowest BCUT2D eigenvalue weighted by atomic mass is 9.89. The zero-order valence-electron chi connectivity index (χ0n) is 20.2. The van der Waals surface area contributed by atoms with Gasteiger partial charge in [0.15, 0.2) is 0 Å². The molecule has 3 aromatic rings. The average molecular weight is 477 g/mol. The van der Waals surface area contributed by atoms with Crippen LogP contribution in [0.2, 0.25) is 0 Å². The summed E-state index contributed by atoms with van der Waals surface area (Å²) >= 11 is 0. The van der Waals surface area contributed by atoms with Gasteiger partial charge in [-0.15, -0.1) is 0 Å². The number of rotatable bonds is 6. The third kappa shape index (κ3) is 5.17. The summed E-state index contributed by atoms with van der Waals surface area (Å²) < 4.78 is 29.0.